The molecule has 0 fully saturated rings. The Bertz CT molecular complexity index is 421. The summed E-state index contributed by atoms with van der Waals surface area (Å²) in [6, 6.07) is 17.5. The first-order valence-corrected chi connectivity index (χ1v) is 5.42. The Morgan fingerprint density at radius 1 is 0.944 bits per heavy atom. The lowest BCUT2D eigenvalue weighted by Crippen LogP contribution is -3.12. The van der Waals surface area contributed by atoms with Crippen LogP contribution in [0.3, 0.4) is 0 Å². The molecule has 6 nitrogen and oxygen atoms in total. The molecule has 0 radical (unpaired) electrons. The molecule has 2 aromatic carbocycles. The van der Waals surface area contributed by atoms with Crippen LogP contribution in [0.4, 0.5) is 11.4 Å². The van der Waals surface area contributed by atoms with Crippen molar-refractivity contribution in [2.75, 3.05) is 5.17 Å². The summed E-state index contributed by atoms with van der Waals surface area (Å²) in [4.78, 5) is 0. The van der Waals surface area contributed by atoms with Gasteiger partial charge in [-0.25, -0.2) is 5.17 Å². The molecule has 2 rings (SSSR count). The first kappa shape index (κ1) is 12.5. The highest BCUT2D eigenvalue weighted by Gasteiger charge is 2.04. The number of hydrogen-bond donors (Lipinski definition) is 4. The number of nitrogens with one attached hydrogen (secondary N) is 3. The van der Waals surface area contributed by atoms with Crippen LogP contribution in [0.5, 0.6) is 0 Å². The molecule has 0 heterocycles. The van der Waals surface area contributed by atoms with E-state index >= 15 is 0 Å². The Morgan fingerprint density at radius 2 is 1.50 bits per heavy atom. The summed E-state index contributed by atoms with van der Waals surface area (Å²) in [5.74, 6) is 0. The molecule has 0 aliphatic carbocycles. The van der Waals surface area contributed by atoms with Crippen molar-refractivity contribution < 1.29 is 10.4 Å². The second kappa shape index (κ2) is 6.10. The van der Waals surface area contributed by atoms with Gasteiger partial charge in [-0.2, -0.15) is 5.17 Å². The molecule has 4 N–H and O–H groups in total. The van der Waals surface area contributed by atoms with Gasteiger partial charge in [-0.15, -0.1) is 0 Å². The molecule has 94 valence electrons. The number of benzene rings is 2. The van der Waals surface area contributed by atoms with Crippen LogP contribution < -0.4 is 21.4 Å². The van der Waals surface area contributed by atoms with Crippen molar-refractivity contribution in [1.29, 1.82) is 0 Å². The summed E-state index contributed by atoms with van der Waals surface area (Å²) in [6.07, 6.45) is 0. The third-order valence-corrected chi connectivity index (χ3v) is 2.31. The van der Waals surface area contributed by atoms with E-state index in [1.165, 1.54) is 0 Å². The molecule has 1 atom stereocenters. The highest BCUT2D eigenvalue weighted by atomic mass is 16.6. The van der Waals surface area contributed by atoms with E-state index in [2.05, 4.69) is 11.1 Å². The van der Waals surface area contributed by atoms with Gasteiger partial charge in [0.15, 0.2) is 5.69 Å². The summed E-state index contributed by atoms with van der Waals surface area (Å²) in [7, 11) is 0. The largest absolute Gasteiger partial charge is 0.607 e. The normalized spacial score (nSPS) is 12.1. The van der Waals surface area contributed by atoms with E-state index < -0.39 is 0 Å². The number of hydrazine groups is 2. The Hall–Kier alpha value is -1.96. The quantitative estimate of drug-likeness (QED) is 0.579. The maximum absolute atomic E-state index is 11.7. The van der Waals surface area contributed by atoms with E-state index in [-0.39, 0.29) is 5.17 Å². The third-order valence-electron chi connectivity index (χ3n) is 2.31. The number of hydrogen-bond acceptors (Lipinski definition) is 5. The van der Waals surface area contributed by atoms with E-state index in [1.54, 1.807) is 48.5 Å². The SMILES string of the molecule is [O-][NH+](NNN(O)c1ccccc1)c1ccccc1. The second-order valence-corrected chi connectivity index (χ2v) is 3.58. The van der Waals surface area contributed by atoms with Gasteiger partial charge in [-0.05, 0) is 12.1 Å². The summed E-state index contributed by atoms with van der Waals surface area (Å²) >= 11 is 0. The molecular weight excluding hydrogens is 232 g/mol. The van der Waals surface area contributed by atoms with Gasteiger partial charge < -0.3 is 5.21 Å². The van der Waals surface area contributed by atoms with Crippen LogP contribution in [0, 0.1) is 5.21 Å². The monoisotopic (exact) mass is 246 g/mol. The Morgan fingerprint density at radius 3 is 2.11 bits per heavy atom. The molecule has 0 amide bonds. The predicted octanol–water partition coefficient (Wildman–Crippen LogP) is 0.521. The summed E-state index contributed by atoms with van der Waals surface area (Å²) < 4.78 is 0. The van der Waals surface area contributed by atoms with E-state index in [4.69, 9.17) is 0 Å². The molecule has 0 saturated carbocycles. The van der Waals surface area contributed by atoms with Crippen molar-refractivity contribution in [3.8, 4) is 0 Å². The Labute approximate surface area is 105 Å². The average molecular weight is 246 g/mol. The molecule has 0 aliphatic heterocycles. The first-order valence-electron chi connectivity index (χ1n) is 5.42. The molecule has 6 heteroatoms. The number of anilines is 1. The predicted molar refractivity (Wildman–Crippen MR) is 67.4 cm³/mol. The topological polar surface area (TPSA) is 75.0 Å². The lowest BCUT2D eigenvalue weighted by Gasteiger charge is -2.25. The minimum Gasteiger partial charge on any atom is -0.607 e. The van der Waals surface area contributed by atoms with E-state index in [1.807, 2.05) is 12.1 Å². The number of rotatable bonds is 5. The Kier molecular flexibility index (Phi) is 4.24. The maximum atomic E-state index is 11.7. The van der Waals surface area contributed by atoms with Crippen LogP contribution in [0.2, 0.25) is 0 Å². The molecule has 0 saturated heterocycles. The van der Waals surface area contributed by atoms with Crippen LogP contribution in [0.1, 0.15) is 0 Å². The molecule has 18 heavy (non-hydrogen) atoms. The van der Waals surface area contributed by atoms with Crippen molar-refractivity contribution in [3.63, 3.8) is 0 Å². The molecule has 0 bridgehead atoms. The fourth-order valence-corrected chi connectivity index (χ4v) is 1.40. The lowest BCUT2D eigenvalue weighted by atomic mass is 10.3. The average Bonchev–Trinajstić information content (AvgIpc) is 2.46. The molecule has 2 aromatic rings. The van der Waals surface area contributed by atoms with Crippen molar-refractivity contribution in [3.05, 3.63) is 65.9 Å². The van der Waals surface area contributed by atoms with Gasteiger partial charge in [0.05, 0.1) is 5.69 Å². The van der Waals surface area contributed by atoms with Gasteiger partial charge in [-0.1, -0.05) is 47.5 Å². The number of nitrogens with zero attached hydrogens (tertiary/aromatic N) is 1. The van der Waals surface area contributed by atoms with Gasteiger partial charge in [-0.3, -0.25) is 5.21 Å². The van der Waals surface area contributed by atoms with Crippen LogP contribution in [-0.4, -0.2) is 5.21 Å². The van der Waals surface area contributed by atoms with Crippen LogP contribution >= 0.6 is 0 Å². The zero-order valence-corrected chi connectivity index (χ0v) is 9.58. The third kappa shape index (κ3) is 3.27. The van der Waals surface area contributed by atoms with Gasteiger partial charge in [0.25, 0.3) is 0 Å². The molecule has 0 aliphatic rings. The molecule has 0 aromatic heterocycles. The van der Waals surface area contributed by atoms with Crippen LogP contribution in [0.15, 0.2) is 60.7 Å². The molecule has 0 spiro atoms. The molecular formula is C12H14N4O2. The second-order valence-electron chi connectivity index (χ2n) is 3.58. The van der Waals surface area contributed by atoms with Crippen molar-refractivity contribution >= 4 is 11.4 Å². The smallest absolute Gasteiger partial charge is 0.151 e. The van der Waals surface area contributed by atoms with Gasteiger partial charge >= 0.3 is 0 Å². The summed E-state index contributed by atoms with van der Waals surface area (Å²) in [5, 5.41) is 21.7. The molecule has 1 unspecified atom stereocenters. The minimum absolute atomic E-state index is 0.328. The Balaban J connectivity index is 1.89. The summed E-state index contributed by atoms with van der Waals surface area (Å²) in [6.45, 7) is 0. The zero-order chi connectivity index (χ0) is 12.8. The van der Waals surface area contributed by atoms with Crippen LogP contribution in [-0.2, 0) is 0 Å². The van der Waals surface area contributed by atoms with Gasteiger partial charge in [0, 0.05) is 12.1 Å². The van der Waals surface area contributed by atoms with Gasteiger partial charge in [0.2, 0.25) is 0 Å². The highest BCUT2D eigenvalue weighted by Crippen LogP contribution is 2.07. The fourth-order valence-electron chi connectivity index (χ4n) is 1.40. The maximum Gasteiger partial charge on any atom is 0.151 e. The first-order chi connectivity index (χ1) is 8.77. The van der Waals surface area contributed by atoms with Crippen molar-refractivity contribution in [2.45, 2.75) is 0 Å². The standard InChI is InChI=1S/C12H14N4O2/c17-15(11-7-3-1-4-8-11)13-14-16(18)12-9-5-2-6-10-12/h1-10,13-15,18H. The van der Waals surface area contributed by atoms with E-state index in [0.29, 0.717) is 11.4 Å². The van der Waals surface area contributed by atoms with E-state index in [9.17, 15) is 10.4 Å². The fraction of sp³-hybridized carbons (Fsp3) is 0. The van der Waals surface area contributed by atoms with Crippen molar-refractivity contribution in [2.24, 2.45) is 0 Å². The lowest BCUT2D eigenvalue weighted by molar-refractivity contribution is -0.836. The van der Waals surface area contributed by atoms with Gasteiger partial charge in [0.1, 0.15) is 0 Å². The highest BCUT2D eigenvalue weighted by molar-refractivity contribution is 5.41. The minimum atomic E-state index is -0.328. The zero-order valence-electron chi connectivity index (χ0n) is 9.58. The number of quaternary nitrogens is 1. The summed E-state index contributed by atoms with van der Waals surface area (Å²) in [5.41, 5.74) is 5.80. The van der Waals surface area contributed by atoms with Crippen molar-refractivity contribution in [1.82, 2.24) is 11.1 Å². The van der Waals surface area contributed by atoms with E-state index in [0.717, 1.165) is 5.17 Å². The number of para-hydroxylation sites is 2. The van der Waals surface area contributed by atoms with Crippen LogP contribution in [0.25, 0.3) is 0 Å².